The number of piperidine rings is 1. The Morgan fingerprint density at radius 1 is 1.06 bits per heavy atom. The number of hydrogen-bond acceptors (Lipinski definition) is 5. The van der Waals surface area contributed by atoms with Gasteiger partial charge in [0.05, 0.1) is 18.9 Å². The third-order valence-corrected chi connectivity index (χ3v) is 7.67. The highest BCUT2D eigenvalue weighted by atomic mass is 35.5. The maximum absolute atomic E-state index is 13.2. The number of hydrogen-bond donors (Lipinski definition) is 0. The van der Waals surface area contributed by atoms with Gasteiger partial charge in [-0.2, -0.15) is 0 Å². The van der Waals surface area contributed by atoms with Crippen molar-refractivity contribution in [2.45, 2.75) is 30.8 Å². The second kappa shape index (κ2) is 7.71. The minimum atomic E-state index is -1.09. The van der Waals surface area contributed by atoms with E-state index in [0.717, 1.165) is 29.5 Å². The van der Waals surface area contributed by atoms with Gasteiger partial charge in [-0.1, -0.05) is 48.0 Å². The largest absolute Gasteiger partial charge is 0.468 e. The average Bonchev–Trinajstić information content (AvgIpc) is 3.25. The molecule has 3 saturated heterocycles. The van der Waals surface area contributed by atoms with Crippen molar-refractivity contribution in [1.82, 2.24) is 9.80 Å². The van der Waals surface area contributed by atoms with Crippen LogP contribution in [0.15, 0.2) is 48.5 Å². The summed E-state index contributed by atoms with van der Waals surface area (Å²) in [5, 5.41) is 0.666. The van der Waals surface area contributed by atoms with Gasteiger partial charge in [0.25, 0.3) is 0 Å². The number of imide groups is 1. The second-order valence-electron chi connectivity index (χ2n) is 8.88. The Hall–Kier alpha value is -2.70. The van der Waals surface area contributed by atoms with Gasteiger partial charge in [0.15, 0.2) is 0 Å². The molecule has 2 aromatic rings. The molecule has 4 atom stereocenters. The van der Waals surface area contributed by atoms with E-state index in [-0.39, 0.29) is 17.9 Å². The molecular weight excluding hydrogens is 428 g/mol. The second-order valence-corrected chi connectivity index (χ2v) is 9.32. The van der Waals surface area contributed by atoms with Crippen molar-refractivity contribution in [2.24, 2.45) is 11.8 Å². The topological polar surface area (TPSA) is 66.9 Å². The standard InChI is InChI=1S/C25H25ClN2O4/c1-27-22(29)19-20(23(27)30)25(24(31)32-2)12-3-4-13-28(25)21(19)16-10-8-15(9-11-16)17-6-5-7-18(26)14-17/h5-11,14,19-21H,3-4,12-13H2,1-2H3/t19?,20?,21?,25-/m0/s1. The first-order valence-electron chi connectivity index (χ1n) is 10.9. The Bertz CT molecular complexity index is 1100. The van der Waals surface area contributed by atoms with Crippen LogP contribution in [0.2, 0.25) is 5.02 Å². The van der Waals surface area contributed by atoms with E-state index in [1.165, 1.54) is 19.1 Å². The maximum Gasteiger partial charge on any atom is 0.327 e. The van der Waals surface area contributed by atoms with E-state index in [4.69, 9.17) is 16.3 Å². The third-order valence-electron chi connectivity index (χ3n) is 7.43. The fraction of sp³-hybridized carbons (Fsp3) is 0.400. The lowest BCUT2D eigenvalue weighted by Crippen LogP contribution is -2.59. The fourth-order valence-electron chi connectivity index (χ4n) is 6.04. The number of halogens is 1. The number of esters is 1. The molecule has 0 N–H and O–H groups in total. The minimum Gasteiger partial charge on any atom is -0.468 e. The summed E-state index contributed by atoms with van der Waals surface area (Å²) in [6.45, 7) is 0.646. The summed E-state index contributed by atoms with van der Waals surface area (Å²) < 4.78 is 5.22. The highest BCUT2D eigenvalue weighted by Gasteiger charge is 2.72. The lowest BCUT2D eigenvalue weighted by molar-refractivity contribution is -0.163. The Morgan fingerprint density at radius 2 is 1.81 bits per heavy atom. The average molecular weight is 453 g/mol. The zero-order valence-corrected chi connectivity index (χ0v) is 18.8. The normalized spacial score (nSPS) is 29.7. The van der Waals surface area contributed by atoms with Crippen LogP contribution in [0.1, 0.15) is 30.9 Å². The van der Waals surface area contributed by atoms with Gasteiger partial charge in [-0.25, -0.2) is 0 Å². The number of amides is 2. The van der Waals surface area contributed by atoms with E-state index < -0.39 is 23.3 Å². The third kappa shape index (κ3) is 2.86. The molecular formula is C25H25ClN2O4. The number of benzene rings is 2. The molecule has 0 aliphatic carbocycles. The van der Waals surface area contributed by atoms with Gasteiger partial charge in [0.2, 0.25) is 11.8 Å². The molecule has 2 amide bonds. The molecule has 6 nitrogen and oxygen atoms in total. The predicted octanol–water partition coefficient (Wildman–Crippen LogP) is 3.69. The molecule has 0 saturated carbocycles. The summed E-state index contributed by atoms with van der Waals surface area (Å²) in [6.07, 6.45) is 2.25. The number of carbonyl (C=O) groups excluding carboxylic acids is 3. The van der Waals surface area contributed by atoms with Crippen molar-refractivity contribution in [3.05, 3.63) is 59.1 Å². The summed E-state index contributed by atoms with van der Waals surface area (Å²) >= 11 is 6.14. The molecule has 3 fully saturated rings. The van der Waals surface area contributed by atoms with Crippen LogP contribution in [0, 0.1) is 11.8 Å². The van der Waals surface area contributed by atoms with Gasteiger partial charge in [-0.15, -0.1) is 0 Å². The molecule has 0 radical (unpaired) electrons. The molecule has 0 bridgehead atoms. The molecule has 3 heterocycles. The highest BCUT2D eigenvalue weighted by molar-refractivity contribution is 6.30. The molecule has 32 heavy (non-hydrogen) atoms. The van der Waals surface area contributed by atoms with Crippen LogP contribution >= 0.6 is 11.6 Å². The van der Waals surface area contributed by atoms with Crippen molar-refractivity contribution >= 4 is 29.4 Å². The van der Waals surface area contributed by atoms with Crippen LogP contribution in [0.3, 0.4) is 0 Å². The number of nitrogens with zero attached hydrogens (tertiary/aromatic N) is 2. The van der Waals surface area contributed by atoms with Crippen molar-refractivity contribution in [3.63, 3.8) is 0 Å². The molecule has 5 rings (SSSR count). The van der Waals surface area contributed by atoms with Crippen LogP contribution in [0.4, 0.5) is 0 Å². The van der Waals surface area contributed by atoms with Crippen LogP contribution in [0.5, 0.6) is 0 Å². The zero-order valence-electron chi connectivity index (χ0n) is 18.1. The monoisotopic (exact) mass is 452 g/mol. The van der Waals surface area contributed by atoms with Crippen molar-refractivity contribution < 1.29 is 19.1 Å². The predicted molar refractivity (Wildman–Crippen MR) is 120 cm³/mol. The lowest BCUT2D eigenvalue weighted by Gasteiger charge is -2.44. The summed E-state index contributed by atoms with van der Waals surface area (Å²) in [5.41, 5.74) is 1.84. The van der Waals surface area contributed by atoms with E-state index in [9.17, 15) is 14.4 Å². The maximum atomic E-state index is 13.2. The Kier molecular flexibility index (Phi) is 5.10. The zero-order chi connectivity index (χ0) is 22.6. The molecule has 166 valence electrons. The fourth-order valence-corrected chi connectivity index (χ4v) is 6.23. The number of methoxy groups -OCH3 is 1. The smallest absolute Gasteiger partial charge is 0.327 e. The van der Waals surface area contributed by atoms with Gasteiger partial charge >= 0.3 is 5.97 Å². The summed E-state index contributed by atoms with van der Waals surface area (Å²) in [7, 11) is 2.87. The van der Waals surface area contributed by atoms with E-state index in [1.54, 1.807) is 0 Å². The first kappa shape index (κ1) is 21.2. The van der Waals surface area contributed by atoms with Crippen LogP contribution in [0.25, 0.3) is 11.1 Å². The first-order valence-corrected chi connectivity index (χ1v) is 11.3. The lowest BCUT2D eigenvalue weighted by atomic mass is 9.75. The minimum absolute atomic E-state index is 0.221. The SMILES string of the molecule is COC(=O)[C@@]12CCCCN1C(c1ccc(-c3cccc(Cl)c3)cc1)C1C(=O)N(C)C(=O)C12. The molecule has 3 aliphatic rings. The van der Waals surface area contributed by atoms with Crippen molar-refractivity contribution in [2.75, 3.05) is 20.7 Å². The van der Waals surface area contributed by atoms with Gasteiger partial charge in [0, 0.05) is 18.1 Å². The van der Waals surface area contributed by atoms with Crippen LogP contribution < -0.4 is 0 Å². The number of carbonyl (C=O) groups is 3. The molecule has 0 spiro atoms. The molecule has 0 aromatic heterocycles. The summed E-state index contributed by atoms with van der Waals surface area (Å²) in [6, 6.07) is 15.3. The van der Waals surface area contributed by atoms with E-state index in [0.29, 0.717) is 18.0 Å². The molecule has 2 aromatic carbocycles. The quantitative estimate of drug-likeness (QED) is 0.525. The summed E-state index contributed by atoms with van der Waals surface area (Å²) in [4.78, 5) is 42.8. The Balaban J connectivity index is 1.61. The Labute approximate surface area is 192 Å². The molecule has 7 heteroatoms. The number of ether oxygens (including phenoxy) is 1. The van der Waals surface area contributed by atoms with E-state index >= 15 is 0 Å². The number of fused-ring (bicyclic) bond motifs is 3. The van der Waals surface area contributed by atoms with Crippen LogP contribution in [-0.2, 0) is 19.1 Å². The number of likely N-dealkylation sites (tertiary alicyclic amines) is 1. The van der Waals surface area contributed by atoms with Gasteiger partial charge in [0.1, 0.15) is 5.54 Å². The molecule has 3 aliphatic heterocycles. The van der Waals surface area contributed by atoms with Crippen molar-refractivity contribution in [3.8, 4) is 11.1 Å². The van der Waals surface area contributed by atoms with Gasteiger partial charge < -0.3 is 4.74 Å². The van der Waals surface area contributed by atoms with E-state index in [1.807, 2.05) is 48.5 Å². The van der Waals surface area contributed by atoms with Gasteiger partial charge in [-0.3, -0.25) is 24.2 Å². The summed E-state index contributed by atoms with van der Waals surface area (Å²) in [5.74, 6) is -2.23. The van der Waals surface area contributed by atoms with Gasteiger partial charge in [-0.05, 0) is 54.6 Å². The van der Waals surface area contributed by atoms with Crippen molar-refractivity contribution in [1.29, 1.82) is 0 Å². The Morgan fingerprint density at radius 3 is 2.50 bits per heavy atom. The van der Waals surface area contributed by atoms with E-state index in [2.05, 4.69) is 4.90 Å². The highest BCUT2D eigenvalue weighted by Crippen LogP contribution is 2.58. The van der Waals surface area contributed by atoms with Crippen LogP contribution in [-0.4, -0.2) is 53.8 Å². The molecule has 3 unspecified atom stereocenters. The number of rotatable bonds is 3. The first-order chi connectivity index (χ1) is 15.4.